The third-order valence-electron chi connectivity index (χ3n) is 5.00. The number of likely N-dealkylation sites (tertiary alicyclic amines) is 1. The number of hydrogen-bond donors (Lipinski definition) is 1. The molecule has 25 heavy (non-hydrogen) atoms. The van der Waals surface area contributed by atoms with E-state index >= 15 is 0 Å². The normalized spacial score (nSPS) is 16.0. The second-order valence-electron chi connectivity index (χ2n) is 7.01. The van der Waals surface area contributed by atoms with Gasteiger partial charge < -0.3 is 5.32 Å². The highest BCUT2D eigenvalue weighted by Crippen LogP contribution is 2.19. The topological polar surface area (TPSA) is 32.3 Å². The molecule has 3 rings (SSSR count). The van der Waals surface area contributed by atoms with Crippen LogP contribution >= 0.6 is 11.3 Å². The number of nitrogens with zero attached hydrogens (tertiary/aromatic N) is 1. The van der Waals surface area contributed by atoms with E-state index in [1.165, 1.54) is 24.0 Å². The highest BCUT2D eigenvalue weighted by atomic mass is 32.1. The van der Waals surface area contributed by atoms with E-state index in [1.54, 1.807) is 11.3 Å². The third kappa shape index (κ3) is 5.41. The molecule has 0 spiro atoms. The number of thiophene rings is 1. The second kappa shape index (κ2) is 9.16. The van der Waals surface area contributed by atoms with E-state index in [-0.39, 0.29) is 5.91 Å². The minimum Gasteiger partial charge on any atom is -0.352 e. The van der Waals surface area contributed by atoms with Crippen LogP contribution in [-0.4, -0.2) is 30.4 Å². The van der Waals surface area contributed by atoms with Crippen molar-refractivity contribution in [1.82, 2.24) is 10.2 Å². The molecule has 1 aliphatic rings. The SMILES string of the molecule is CCCc1ccc(C(=O)NCC2CCN(Cc3ccsc3)CC2)cc1. The Hall–Kier alpha value is -1.65. The van der Waals surface area contributed by atoms with Gasteiger partial charge in [-0.15, -0.1) is 0 Å². The lowest BCUT2D eigenvalue weighted by Gasteiger charge is -2.31. The minimum atomic E-state index is 0.0590. The molecule has 0 unspecified atom stereocenters. The van der Waals surface area contributed by atoms with Crippen LogP contribution in [0.3, 0.4) is 0 Å². The Morgan fingerprint density at radius 3 is 2.56 bits per heavy atom. The number of piperidine rings is 1. The number of nitrogens with one attached hydrogen (secondary N) is 1. The number of carbonyl (C=O) groups is 1. The van der Waals surface area contributed by atoms with Crippen molar-refractivity contribution < 1.29 is 4.79 Å². The first kappa shape index (κ1) is 18.2. The average molecular weight is 357 g/mol. The van der Waals surface area contributed by atoms with E-state index in [4.69, 9.17) is 0 Å². The summed E-state index contributed by atoms with van der Waals surface area (Å²) in [5, 5.41) is 7.50. The van der Waals surface area contributed by atoms with Crippen LogP contribution in [0.5, 0.6) is 0 Å². The molecule has 3 nitrogen and oxygen atoms in total. The van der Waals surface area contributed by atoms with Gasteiger partial charge in [0, 0.05) is 18.7 Å². The van der Waals surface area contributed by atoms with E-state index in [0.29, 0.717) is 5.92 Å². The Morgan fingerprint density at radius 2 is 1.92 bits per heavy atom. The monoisotopic (exact) mass is 356 g/mol. The van der Waals surface area contributed by atoms with Crippen molar-refractivity contribution >= 4 is 17.2 Å². The van der Waals surface area contributed by atoms with Gasteiger partial charge in [0.25, 0.3) is 5.91 Å². The molecule has 2 heterocycles. The molecule has 0 atom stereocenters. The Balaban J connectivity index is 1.39. The number of amides is 1. The number of benzene rings is 1. The fourth-order valence-corrected chi connectivity index (χ4v) is 4.10. The maximum absolute atomic E-state index is 12.3. The standard InChI is InChI=1S/C21H28N2OS/c1-2-3-17-4-6-20(7-5-17)21(24)22-14-18-8-11-23(12-9-18)15-19-10-13-25-16-19/h4-7,10,13,16,18H,2-3,8-9,11-12,14-15H2,1H3,(H,22,24). The van der Waals surface area contributed by atoms with Crippen molar-refractivity contribution in [3.05, 3.63) is 57.8 Å². The fourth-order valence-electron chi connectivity index (χ4n) is 3.44. The zero-order valence-electron chi connectivity index (χ0n) is 15.0. The zero-order valence-corrected chi connectivity index (χ0v) is 15.9. The van der Waals surface area contributed by atoms with Gasteiger partial charge >= 0.3 is 0 Å². The largest absolute Gasteiger partial charge is 0.352 e. The first-order chi connectivity index (χ1) is 12.2. The molecular weight excluding hydrogens is 328 g/mol. The number of carbonyl (C=O) groups excluding carboxylic acids is 1. The lowest BCUT2D eigenvalue weighted by atomic mass is 9.96. The molecule has 0 aliphatic carbocycles. The van der Waals surface area contributed by atoms with E-state index < -0.39 is 0 Å². The second-order valence-corrected chi connectivity index (χ2v) is 7.79. The van der Waals surface area contributed by atoms with Crippen molar-refractivity contribution in [1.29, 1.82) is 0 Å². The molecule has 0 radical (unpaired) electrons. The molecule has 1 saturated heterocycles. The summed E-state index contributed by atoms with van der Waals surface area (Å²) in [5.41, 5.74) is 3.50. The van der Waals surface area contributed by atoms with Crippen LogP contribution in [0.4, 0.5) is 0 Å². The Morgan fingerprint density at radius 1 is 1.16 bits per heavy atom. The molecule has 1 aromatic heterocycles. The van der Waals surface area contributed by atoms with E-state index in [9.17, 15) is 4.79 Å². The maximum Gasteiger partial charge on any atom is 0.251 e. The third-order valence-corrected chi connectivity index (χ3v) is 5.73. The lowest BCUT2D eigenvalue weighted by molar-refractivity contribution is 0.0935. The molecule has 0 bridgehead atoms. The molecule has 0 saturated carbocycles. The average Bonchev–Trinajstić information content (AvgIpc) is 3.15. The van der Waals surface area contributed by atoms with Gasteiger partial charge in [-0.3, -0.25) is 9.69 Å². The predicted molar refractivity (Wildman–Crippen MR) is 105 cm³/mol. The zero-order chi connectivity index (χ0) is 17.5. The summed E-state index contributed by atoms with van der Waals surface area (Å²) < 4.78 is 0. The number of hydrogen-bond acceptors (Lipinski definition) is 3. The molecule has 1 N–H and O–H groups in total. The number of aryl methyl sites for hydroxylation is 1. The van der Waals surface area contributed by atoms with Crippen LogP contribution in [0.1, 0.15) is 47.7 Å². The van der Waals surface area contributed by atoms with Crippen molar-refractivity contribution in [2.24, 2.45) is 5.92 Å². The van der Waals surface area contributed by atoms with Crippen LogP contribution < -0.4 is 5.32 Å². The first-order valence-electron chi connectivity index (χ1n) is 9.35. The predicted octanol–water partition coefficient (Wildman–Crippen LogP) is 4.34. The van der Waals surface area contributed by atoms with Crippen LogP contribution in [0, 0.1) is 5.92 Å². The van der Waals surface area contributed by atoms with Crippen molar-refractivity contribution in [2.45, 2.75) is 39.2 Å². The van der Waals surface area contributed by atoms with Gasteiger partial charge in [-0.05, 0) is 78.4 Å². The number of rotatable bonds is 7. The Labute approximate surface area is 155 Å². The molecule has 1 fully saturated rings. The van der Waals surface area contributed by atoms with Gasteiger partial charge in [0.2, 0.25) is 0 Å². The lowest BCUT2D eigenvalue weighted by Crippen LogP contribution is -2.38. The van der Waals surface area contributed by atoms with Crippen LogP contribution in [-0.2, 0) is 13.0 Å². The molecule has 4 heteroatoms. The van der Waals surface area contributed by atoms with Gasteiger partial charge in [-0.25, -0.2) is 0 Å². The summed E-state index contributed by atoms with van der Waals surface area (Å²) >= 11 is 1.77. The summed E-state index contributed by atoms with van der Waals surface area (Å²) in [6, 6.07) is 10.2. The summed E-state index contributed by atoms with van der Waals surface area (Å²) in [4.78, 5) is 14.8. The highest BCUT2D eigenvalue weighted by molar-refractivity contribution is 7.07. The van der Waals surface area contributed by atoms with Crippen LogP contribution in [0.2, 0.25) is 0 Å². The van der Waals surface area contributed by atoms with E-state index in [1.807, 2.05) is 12.1 Å². The summed E-state index contributed by atoms with van der Waals surface area (Å²) in [6.07, 6.45) is 4.54. The van der Waals surface area contributed by atoms with E-state index in [2.05, 4.69) is 46.1 Å². The molecule has 1 aliphatic heterocycles. The Kier molecular flexibility index (Phi) is 6.65. The quantitative estimate of drug-likeness (QED) is 0.800. The van der Waals surface area contributed by atoms with Crippen molar-refractivity contribution in [3.63, 3.8) is 0 Å². The summed E-state index contributed by atoms with van der Waals surface area (Å²) in [5.74, 6) is 0.658. The smallest absolute Gasteiger partial charge is 0.251 e. The molecular formula is C21H28N2OS. The maximum atomic E-state index is 12.3. The van der Waals surface area contributed by atoms with E-state index in [0.717, 1.165) is 44.6 Å². The fraction of sp³-hybridized carbons (Fsp3) is 0.476. The molecule has 1 amide bonds. The van der Waals surface area contributed by atoms with Gasteiger partial charge in [0.15, 0.2) is 0 Å². The summed E-state index contributed by atoms with van der Waals surface area (Å²) in [7, 11) is 0. The molecule has 2 aromatic rings. The molecule has 1 aromatic carbocycles. The van der Waals surface area contributed by atoms with Crippen molar-refractivity contribution in [2.75, 3.05) is 19.6 Å². The Bertz CT molecular complexity index is 643. The van der Waals surface area contributed by atoms with Crippen LogP contribution in [0.15, 0.2) is 41.1 Å². The van der Waals surface area contributed by atoms with Crippen LogP contribution in [0.25, 0.3) is 0 Å². The van der Waals surface area contributed by atoms with Gasteiger partial charge in [-0.1, -0.05) is 25.5 Å². The summed E-state index contributed by atoms with van der Waals surface area (Å²) in [6.45, 7) is 6.28. The van der Waals surface area contributed by atoms with Gasteiger partial charge in [0.05, 0.1) is 0 Å². The highest BCUT2D eigenvalue weighted by Gasteiger charge is 2.20. The first-order valence-corrected chi connectivity index (χ1v) is 10.3. The van der Waals surface area contributed by atoms with Gasteiger partial charge in [0.1, 0.15) is 0 Å². The van der Waals surface area contributed by atoms with Gasteiger partial charge in [-0.2, -0.15) is 11.3 Å². The van der Waals surface area contributed by atoms with Crippen molar-refractivity contribution in [3.8, 4) is 0 Å². The minimum absolute atomic E-state index is 0.0590. The molecule has 134 valence electrons.